The standard InChI is InChI=1S/C11H8FN3O2S/c12-7-3-10-9(4-8(7)13)15(11(16)18-10)5-6-1-2-17-14-6/h1-4H,5,13H2. The van der Waals surface area contributed by atoms with Gasteiger partial charge in [-0.05, 0) is 12.1 Å². The highest BCUT2D eigenvalue weighted by atomic mass is 32.1. The lowest BCUT2D eigenvalue weighted by Gasteiger charge is -2.02. The van der Waals surface area contributed by atoms with Gasteiger partial charge in [-0.3, -0.25) is 9.36 Å². The molecule has 0 aliphatic heterocycles. The van der Waals surface area contributed by atoms with Crippen LogP contribution in [0.15, 0.2) is 33.8 Å². The van der Waals surface area contributed by atoms with Crippen molar-refractivity contribution in [1.29, 1.82) is 0 Å². The molecular formula is C11H8FN3O2S. The highest BCUT2D eigenvalue weighted by Crippen LogP contribution is 2.23. The van der Waals surface area contributed by atoms with Crippen LogP contribution >= 0.6 is 11.3 Å². The molecule has 7 heteroatoms. The van der Waals surface area contributed by atoms with Crippen LogP contribution in [0.5, 0.6) is 0 Å². The van der Waals surface area contributed by atoms with Gasteiger partial charge in [-0.1, -0.05) is 16.5 Å². The van der Waals surface area contributed by atoms with Crippen LogP contribution in [0.1, 0.15) is 5.69 Å². The Morgan fingerprint density at radius 2 is 2.33 bits per heavy atom. The van der Waals surface area contributed by atoms with Crippen LogP contribution in [0.25, 0.3) is 10.2 Å². The van der Waals surface area contributed by atoms with E-state index < -0.39 is 5.82 Å². The zero-order valence-electron chi connectivity index (χ0n) is 9.09. The van der Waals surface area contributed by atoms with Gasteiger partial charge in [0.15, 0.2) is 0 Å². The molecular weight excluding hydrogens is 257 g/mol. The quantitative estimate of drug-likeness (QED) is 0.717. The summed E-state index contributed by atoms with van der Waals surface area (Å²) in [5.41, 5.74) is 6.77. The van der Waals surface area contributed by atoms with Crippen molar-refractivity contribution in [1.82, 2.24) is 9.72 Å². The number of nitrogens with zero attached hydrogens (tertiary/aromatic N) is 2. The van der Waals surface area contributed by atoms with E-state index in [9.17, 15) is 9.18 Å². The van der Waals surface area contributed by atoms with Gasteiger partial charge in [0.1, 0.15) is 17.8 Å². The molecule has 0 saturated carbocycles. The fraction of sp³-hybridized carbons (Fsp3) is 0.0909. The fourth-order valence-corrected chi connectivity index (χ4v) is 2.63. The summed E-state index contributed by atoms with van der Waals surface area (Å²) in [4.78, 5) is 11.7. The van der Waals surface area contributed by atoms with Crippen LogP contribution in [-0.2, 0) is 6.54 Å². The molecule has 3 aromatic rings. The number of hydrogen-bond donors (Lipinski definition) is 1. The van der Waals surface area contributed by atoms with Crippen molar-refractivity contribution in [2.75, 3.05) is 5.73 Å². The summed E-state index contributed by atoms with van der Waals surface area (Å²) in [7, 11) is 0. The van der Waals surface area contributed by atoms with Gasteiger partial charge in [-0.2, -0.15) is 0 Å². The number of thiazole rings is 1. The number of rotatable bonds is 2. The first kappa shape index (κ1) is 11.0. The molecule has 2 aromatic heterocycles. The summed E-state index contributed by atoms with van der Waals surface area (Å²) in [6, 6.07) is 4.40. The van der Waals surface area contributed by atoms with Gasteiger partial charge < -0.3 is 10.3 Å². The van der Waals surface area contributed by atoms with E-state index >= 15 is 0 Å². The van der Waals surface area contributed by atoms with Gasteiger partial charge in [-0.25, -0.2) is 4.39 Å². The number of hydrogen-bond acceptors (Lipinski definition) is 5. The molecule has 0 aliphatic rings. The molecule has 0 bridgehead atoms. The monoisotopic (exact) mass is 265 g/mol. The van der Waals surface area contributed by atoms with Crippen molar-refractivity contribution in [3.8, 4) is 0 Å². The summed E-state index contributed by atoms with van der Waals surface area (Å²) in [6.45, 7) is 0.278. The smallest absolute Gasteiger partial charge is 0.308 e. The van der Waals surface area contributed by atoms with E-state index in [4.69, 9.17) is 10.3 Å². The summed E-state index contributed by atoms with van der Waals surface area (Å²) < 4.78 is 20.1. The fourth-order valence-electron chi connectivity index (χ4n) is 1.73. The average molecular weight is 265 g/mol. The maximum Gasteiger partial charge on any atom is 0.308 e. The van der Waals surface area contributed by atoms with E-state index in [1.54, 1.807) is 6.07 Å². The molecule has 0 atom stereocenters. The number of benzene rings is 1. The first-order chi connectivity index (χ1) is 8.65. The van der Waals surface area contributed by atoms with Gasteiger partial charge in [-0.15, -0.1) is 0 Å². The lowest BCUT2D eigenvalue weighted by atomic mass is 10.3. The topological polar surface area (TPSA) is 74.1 Å². The van der Waals surface area contributed by atoms with E-state index in [2.05, 4.69) is 5.16 Å². The number of halogens is 1. The molecule has 0 saturated heterocycles. The van der Waals surface area contributed by atoms with E-state index in [1.807, 2.05) is 0 Å². The first-order valence-corrected chi connectivity index (χ1v) is 5.94. The minimum absolute atomic E-state index is 0.0224. The van der Waals surface area contributed by atoms with Gasteiger partial charge in [0.2, 0.25) is 0 Å². The Bertz CT molecular complexity index is 761. The van der Waals surface area contributed by atoms with Crippen LogP contribution in [-0.4, -0.2) is 9.72 Å². The number of nitrogen functional groups attached to an aromatic ring is 1. The van der Waals surface area contributed by atoms with Gasteiger partial charge in [0.25, 0.3) is 0 Å². The van der Waals surface area contributed by atoms with E-state index in [0.29, 0.717) is 15.9 Å². The van der Waals surface area contributed by atoms with Gasteiger partial charge >= 0.3 is 4.87 Å². The molecule has 0 fully saturated rings. The maximum atomic E-state index is 13.3. The molecule has 0 amide bonds. The second kappa shape index (κ2) is 3.95. The summed E-state index contributed by atoms with van der Waals surface area (Å²) in [6.07, 6.45) is 1.43. The summed E-state index contributed by atoms with van der Waals surface area (Å²) in [5.74, 6) is -0.516. The van der Waals surface area contributed by atoms with Crippen molar-refractivity contribution in [3.05, 3.63) is 45.6 Å². The number of nitrogens with two attached hydrogens (primary N) is 1. The summed E-state index contributed by atoms with van der Waals surface area (Å²) >= 11 is 0.977. The molecule has 1 aromatic carbocycles. The summed E-state index contributed by atoms with van der Waals surface area (Å²) in [5, 5.41) is 3.74. The minimum Gasteiger partial charge on any atom is -0.396 e. The predicted molar refractivity (Wildman–Crippen MR) is 66.1 cm³/mol. The molecule has 3 rings (SSSR count). The molecule has 92 valence electrons. The van der Waals surface area contributed by atoms with E-state index in [-0.39, 0.29) is 17.1 Å². The highest BCUT2D eigenvalue weighted by Gasteiger charge is 2.12. The molecule has 0 spiro atoms. The van der Waals surface area contributed by atoms with E-state index in [0.717, 1.165) is 11.3 Å². The first-order valence-electron chi connectivity index (χ1n) is 5.13. The Balaban J connectivity index is 2.19. The third-order valence-electron chi connectivity index (χ3n) is 2.60. The van der Waals surface area contributed by atoms with E-state index in [1.165, 1.54) is 23.0 Å². The number of aromatic nitrogens is 2. The van der Waals surface area contributed by atoms with Crippen LogP contribution in [0.4, 0.5) is 10.1 Å². The maximum absolute atomic E-state index is 13.3. The lowest BCUT2D eigenvalue weighted by molar-refractivity contribution is 0.410. The van der Waals surface area contributed by atoms with Crippen molar-refractivity contribution >= 4 is 27.2 Å². The number of anilines is 1. The molecule has 0 unspecified atom stereocenters. The highest BCUT2D eigenvalue weighted by molar-refractivity contribution is 7.16. The molecule has 5 nitrogen and oxygen atoms in total. The zero-order valence-corrected chi connectivity index (χ0v) is 9.91. The largest absolute Gasteiger partial charge is 0.396 e. The normalized spacial score (nSPS) is 11.2. The average Bonchev–Trinajstić information content (AvgIpc) is 2.92. The Kier molecular flexibility index (Phi) is 2.41. The Morgan fingerprint density at radius 1 is 1.50 bits per heavy atom. The van der Waals surface area contributed by atoms with Crippen LogP contribution < -0.4 is 10.6 Å². The third-order valence-corrected chi connectivity index (χ3v) is 3.54. The molecule has 2 N–H and O–H groups in total. The number of fused-ring (bicyclic) bond motifs is 1. The Hall–Kier alpha value is -2.15. The third kappa shape index (κ3) is 1.68. The van der Waals surface area contributed by atoms with Crippen LogP contribution in [0.3, 0.4) is 0 Å². The van der Waals surface area contributed by atoms with Gasteiger partial charge in [0, 0.05) is 6.07 Å². The molecule has 0 radical (unpaired) electrons. The van der Waals surface area contributed by atoms with Crippen LogP contribution in [0, 0.1) is 5.82 Å². The molecule has 2 heterocycles. The SMILES string of the molecule is Nc1cc2c(cc1F)sc(=O)n2Cc1ccon1. The molecule has 0 aliphatic carbocycles. The Morgan fingerprint density at radius 3 is 3.06 bits per heavy atom. The zero-order chi connectivity index (χ0) is 12.7. The second-order valence-corrected chi connectivity index (χ2v) is 4.78. The Labute approximate surface area is 104 Å². The lowest BCUT2D eigenvalue weighted by Crippen LogP contribution is -2.13. The predicted octanol–water partition coefficient (Wildman–Crippen LogP) is 1.82. The van der Waals surface area contributed by atoms with Crippen LogP contribution in [0.2, 0.25) is 0 Å². The van der Waals surface area contributed by atoms with Crippen molar-refractivity contribution in [2.45, 2.75) is 6.54 Å². The second-order valence-electron chi connectivity index (χ2n) is 3.79. The van der Waals surface area contributed by atoms with Gasteiger partial charge in [0.05, 0.1) is 22.4 Å². The van der Waals surface area contributed by atoms with Crippen molar-refractivity contribution < 1.29 is 8.91 Å². The minimum atomic E-state index is -0.516. The van der Waals surface area contributed by atoms with Crippen molar-refractivity contribution in [3.63, 3.8) is 0 Å². The molecule has 18 heavy (non-hydrogen) atoms. The van der Waals surface area contributed by atoms with Crippen molar-refractivity contribution in [2.24, 2.45) is 0 Å².